The second kappa shape index (κ2) is 24.3. The first-order valence-corrected chi connectivity index (χ1v) is 22.2. The second-order valence-corrected chi connectivity index (χ2v) is 16.2. The summed E-state index contributed by atoms with van der Waals surface area (Å²) in [5.41, 5.74) is 7.79. The highest BCUT2D eigenvalue weighted by Crippen LogP contribution is 2.37. The number of nitrogens with one attached hydrogen (secondary N) is 5. The number of nitrogens with two attached hydrogens (primary N) is 1. The number of aromatic nitrogens is 5. The van der Waals surface area contributed by atoms with Crippen molar-refractivity contribution in [1.29, 1.82) is 0 Å². The molecular formula is C39H65N12O4P. The van der Waals surface area contributed by atoms with Crippen molar-refractivity contribution >= 4 is 42.9 Å². The number of hydrogen-bond acceptors (Lipinski definition) is 13. The van der Waals surface area contributed by atoms with Gasteiger partial charge >= 0.3 is 0 Å². The molecule has 1 aliphatic heterocycles. The van der Waals surface area contributed by atoms with E-state index in [0.29, 0.717) is 57.9 Å². The molecule has 17 heteroatoms. The van der Waals surface area contributed by atoms with Crippen molar-refractivity contribution in [3.8, 4) is 0 Å². The molecule has 1 atom stereocenters. The number of carbonyl (C=O) groups is 2. The molecule has 16 nitrogen and oxygen atoms in total. The van der Waals surface area contributed by atoms with Gasteiger partial charge < -0.3 is 46.3 Å². The van der Waals surface area contributed by atoms with Crippen LogP contribution in [0.3, 0.4) is 0 Å². The molecule has 2 aromatic heterocycles. The van der Waals surface area contributed by atoms with E-state index in [0.717, 1.165) is 80.3 Å². The molecule has 5 rings (SSSR count). The van der Waals surface area contributed by atoms with E-state index < -0.39 is 14.4 Å². The fraction of sp³-hybridized carbons (Fsp3) is 0.692. The van der Waals surface area contributed by atoms with Gasteiger partial charge in [0.25, 0.3) is 0 Å². The zero-order valence-electron chi connectivity index (χ0n) is 33.5. The fourth-order valence-electron chi connectivity index (χ4n) is 7.17. The van der Waals surface area contributed by atoms with Gasteiger partial charge in [0.2, 0.25) is 17.8 Å². The molecule has 2 amide bonds. The van der Waals surface area contributed by atoms with E-state index in [1.807, 2.05) is 53.9 Å². The van der Waals surface area contributed by atoms with Gasteiger partial charge in [-0.3, -0.25) is 14.3 Å². The lowest BCUT2D eigenvalue weighted by atomic mass is 9.95. The molecule has 56 heavy (non-hydrogen) atoms. The number of anilines is 2. The summed E-state index contributed by atoms with van der Waals surface area (Å²) < 4.78 is 13.1. The van der Waals surface area contributed by atoms with Crippen molar-refractivity contribution in [1.82, 2.24) is 45.8 Å². The predicted molar refractivity (Wildman–Crippen MR) is 222 cm³/mol. The Balaban J connectivity index is 0.997. The molecule has 0 radical (unpaired) electrons. The molecule has 1 aliphatic carbocycles. The van der Waals surface area contributed by atoms with Crippen LogP contribution in [0.25, 0.3) is 10.9 Å². The van der Waals surface area contributed by atoms with Crippen molar-refractivity contribution in [2.24, 2.45) is 5.73 Å². The van der Waals surface area contributed by atoms with Crippen LogP contribution in [-0.2, 0) is 31.7 Å². The van der Waals surface area contributed by atoms with E-state index in [4.69, 9.17) is 24.7 Å². The van der Waals surface area contributed by atoms with Crippen LogP contribution in [0.4, 0.5) is 11.8 Å². The van der Waals surface area contributed by atoms with Gasteiger partial charge in [-0.1, -0.05) is 36.6 Å². The smallest absolute Gasteiger partial charge is 0.236 e. The lowest BCUT2D eigenvalue weighted by molar-refractivity contribution is -0.132. The number of benzene rings is 1. The third kappa shape index (κ3) is 14.8. The summed E-state index contributed by atoms with van der Waals surface area (Å²) in [5, 5.41) is 26.7. The summed E-state index contributed by atoms with van der Waals surface area (Å²) in [6, 6.07) is 8.08. The number of nitrogens with zero attached hydrogens (tertiary/aromatic N) is 6. The molecule has 0 bridgehead atoms. The Labute approximate surface area is 333 Å². The molecule has 1 aromatic carbocycles. The lowest BCUT2D eigenvalue weighted by Crippen LogP contribution is -2.44. The van der Waals surface area contributed by atoms with Gasteiger partial charge in [0.05, 0.1) is 37.5 Å². The van der Waals surface area contributed by atoms with Crippen LogP contribution in [0.15, 0.2) is 30.5 Å². The number of para-hydroxylation sites is 1. The van der Waals surface area contributed by atoms with Crippen molar-refractivity contribution in [3.05, 3.63) is 36.2 Å². The Hall–Kier alpha value is -3.53. The maximum Gasteiger partial charge on any atom is 0.236 e. The maximum atomic E-state index is 13.0. The Morgan fingerprint density at radius 1 is 0.946 bits per heavy atom. The first-order valence-electron chi connectivity index (χ1n) is 20.9. The summed E-state index contributed by atoms with van der Waals surface area (Å²) >= 11 is 0. The van der Waals surface area contributed by atoms with E-state index in [2.05, 4.69) is 36.9 Å². The van der Waals surface area contributed by atoms with E-state index in [-0.39, 0.29) is 24.3 Å². The number of piperidine rings is 1. The van der Waals surface area contributed by atoms with E-state index in [1.165, 1.54) is 32.1 Å². The zero-order chi connectivity index (χ0) is 39.4. The number of likely N-dealkylation sites (tertiary alicyclic amines) is 1. The Morgan fingerprint density at radius 2 is 1.71 bits per heavy atom. The van der Waals surface area contributed by atoms with Gasteiger partial charge in [0, 0.05) is 56.2 Å². The minimum absolute atomic E-state index is 0.0171. The third-order valence-electron chi connectivity index (χ3n) is 10.3. The second-order valence-electron chi connectivity index (χ2n) is 14.6. The molecular weight excluding hydrogens is 731 g/mol. The Morgan fingerprint density at radius 3 is 2.50 bits per heavy atom. The molecule has 2 aliphatic rings. The molecule has 2 fully saturated rings. The number of amides is 2. The largest absolute Gasteiger partial charge is 0.367 e. The highest BCUT2D eigenvalue weighted by atomic mass is 31.2. The van der Waals surface area contributed by atoms with Crippen LogP contribution >= 0.6 is 8.38 Å². The molecule has 3 heterocycles. The van der Waals surface area contributed by atoms with Crippen molar-refractivity contribution in [3.63, 3.8) is 0 Å². The highest BCUT2D eigenvalue weighted by molar-refractivity contribution is 7.47. The maximum absolute atomic E-state index is 13.0. The number of rotatable bonds is 25. The highest BCUT2D eigenvalue weighted by Gasteiger charge is 2.25. The van der Waals surface area contributed by atoms with E-state index in [9.17, 15) is 9.59 Å². The molecule has 7 N–H and O–H groups in total. The number of carbonyl (C=O) groups excluding carboxylic acids is 2. The molecule has 310 valence electrons. The monoisotopic (exact) mass is 796 g/mol. The minimum Gasteiger partial charge on any atom is -0.367 e. The summed E-state index contributed by atoms with van der Waals surface area (Å²) in [7, 11) is -1.02. The third-order valence-corrected chi connectivity index (χ3v) is 11.9. The number of aryl methyl sites for hydroxylation is 1. The van der Waals surface area contributed by atoms with Crippen LogP contribution in [0.2, 0.25) is 0 Å². The zero-order valence-corrected chi connectivity index (χ0v) is 34.4. The standard InChI is InChI=1S/C39H65N12O4P/c1-3-54-56(55-4-2)27-23-43-38(53)34(40)16-17-36(52)50-25-18-31(19-26-50)45-37-33-14-8-9-15-35(33)46-39(47-37)44-28-32-29-51(49-48-32)24-11-21-41-20-10-22-42-30-12-6-5-7-13-30/h8-9,14-15,29-31,34,41-42H,3-7,10-13,16-28,40H2,1-2H3,(H,43,53)(H2,44,45,46,47). The number of fused-ring (bicyclic) bond motifs is 1. The summed E-state index contributed by atoms with van der Waals surface area (Å²) in [6.07, 6.45) is 13.6. The van der Waals surface area contributed by atoms with E-state index >= 15 is 0 Å². The average Bonchev–Trinajstić information content (AvgIpc) is 3.68. The topological polar surface area (TPSA) is 198 Å². The summed E-state index contributed by atoms with van der Waals surface area (Å²) in [5.74, 6) is 1.03. The first kappa shape index (κ1) is 43.6. The molecule has 1 saturated carbocycles. The van der Waals surface area contributed by atoms with Crippen LogP contribution < -0.4 is 32.3 Å². The SMILES string of the molecule is CCOP(CCNC(=O)C(N)CCC(=O)N1CCC(Nc2nc(NCc3cn(CCCNCCCNC4CCCCC4)nn3)nc3ccccc23)CC1)OCC. The van der Waals surface area contributed by atoms with Gasteiger partial charge in [0.15, 0.2) is 8.38 Å². The fourth-order valence-corrected chi connectivity index (χ4v) is 8.38. The van der Waals surface area contributed by atoms with Gasteiger partial charge in [-0.2, -0.15) is 4.98 Å². The minimum atomic E-state index is -1.02. The normalized spacial score (nSPS) is 16.0. The van der Waals surface area contributed by atoms with Crippen LogP contribution in [0, 0.1) is 0 Å². The number of hydrogen-bond donors (Lipinski definition) is 6. The van der Waals surface area contributed by atoms with Crippen LogP contribution in [0.5, 0.6) is 0 Å². The van der Waals surface area contributed by atoms with Gasteiger partial charge in [-0.15, -0.1) is 5.10 Å². The quantitative estimate of drug-likeness (QED) is 0.0529. The molecule has 3 aromatic rings. The van der Waals surface area contributed by atoms with E-state index in [1.54, 1.807) is 0 Å². The average molecular weight is 797 g/mol. The summed E-state index contributed by atoms with van der Waals surface area (Å²) in [6.45, 7) is 11.0. The lowest BCUT2D eigenvalue weighted by Gasteiger charge is -2.33. The molecule has 0 spiro atoms. The predicted octanol–water partition coefficient (Wildman–Crippen LogP) is 4.14. The van der Waals surface area contributed by atoms with Crippen molar-refractivity contribution in [2.45, 2.75) is 116 Å². The molecule has 1 unspecified atom stereocenters. The summed E-state index contributed by atoms with van der Waals surface area (Å²) in [4.78, 5) is 37.0. The Bertz CT molecular complexity index is 1600. The van der Waals surface area contributed by atoms with Crippen LogP contribution in [-0.4, -0.2) is 118 Å². The van der Waals surface area contributed by atoms with Crippen LogP contribution in [0.1, 0.15) is 90.2 Å². The van der Waals surface area contributed by atoms with Crippen molar-refractivity contribution < 1.29 is 18.6 Å². The van der Waals surface area contributed by atoms with Crippen molar-refractivity contribution in [2.75, 3.05) is 69.3 Å². The van der Waals surface area contributed by atoms with Gasteiger partial charge in [-0.25, -0.2) is 4.98 Å². The Kier molecular flexibility index (Phi) is 18.9. The molecule has 1 saturated heterocycles. The first-order chi connectivity index (χ1) is 27.4. The van der Waals surface area contributed by atoms with Gasteiger partial charge in [-0.05, 0) is 90.6 Å². The van der Waals surface area contributed by atoms with Gasteiger partial charge in [0.1, 0.15) is 11.5 Å².